The van der Waals surface area contributed by atoms with Crippen LogP contribution in [0.1, 0.15) is 30.9 Å². The lowest BCUT2D eigenvalue weighted by molar-refractivity contribution is -0.122. The smallest absolute Gasteiger partial charge is 0.242 e. The standard InChI is InChI=1S/C21H24N4O3S/c1-14-8-9-17(12-15(14)2)29(27,28)21(10-11-21)20(26)22-16(3)13-25-19-7-5-4-6-18(19)23-24-25/h4-9,12,16H,10-11,13H2,1-3H3,(H,22,26)/t16-/m0/s1. The highest BCUT2D eigenvalue weighted by Crippen LogP contribution is 2.47. The van der Waals surface area contributed by atoms with Crippen molar-refractivity contribution >= 4 is 26.8 Å². The molecule has 2 aromatic carbocycles. The van der Waals surface area contributed by atoms with Crippen molar-refractivity contribution in [1.29, 1.82) is 0 Å². The molecule has 1 saturated carbocycles. The zero-order chi connectivity index (χ0) is 20.8. The molecule has 0 spiro atoms. The summed E-state index contributed by atoms with van der Waals surface area (Å²) in [5.41, 5.74) is 3.57. The molecule has 1 atom stereocenters. The first kappa shape index (κ1) is 19.6. The van der Waals surface area contributed by atoms with Crippen molar-refractivity contribution < 1.29 is 13.2 Å². The Morgan fingerprint density at radius 2 is 1.90 bits per heavy atom. The second-order valence-electron chi connectivity index (χ2n) is 7.88. The van der Waals surface area contributed by atoms with Crippen molar-refractivity contribution in [3.05, 3.63) is 53.6 Å². The number of nitrogens with one attached hydrogen (secondary N) is 1. The van der Waals surface area contributed by atoms with Crippen LogP contribution in [0.2, 0.25) is 0 Å². The van der Waals surface area contributed by atoms with Gasteiger partial charge < -0.3 is 5.32 Å². The van der Waals surface area contributed by atoms with Crippen molar-refractivity contribution in [3.63, 3.8) is 0 Å². The zero-order valence-corrected chi connectivity index (χ0v) is 17.5. The van der Waals surface area contributed by atoms with Gasteiger partial charge in [-0.1, -0.05) is 23.4 Å². The van der Waals surface area contributed by atoms with E-state index in [0.29, 0.717) is 19.4 Å². The topological polar surface area (TPSA) is 94.0 Å². The molecule has 1 aliphatic rings. The van der Waals surface area contributed by atoms with Crippen LogP contribution < -0.4 is 5.32 Å². The Balaban J connectivity index is 1.52. The minimum Gasteiger partial charge on any atom is -0.350 e. The molecule has 0 bridgehead atoms. The third kappa shape index (κ3) is 3.31. The summed E-state index contributed by atoms with van der Waals surface area (Å²) in [6.45, 7) is 6.05. The summed E-state index contributed by atoms with van der Waals surface area (Å²) in [6, 6.07) is 12.3. The molecule has 1 N–H and O–H groups in total. The quantitative estimate of drug-likeness (QED) is 0.672. The molecule has 0 unspecified atom stereocenters. The SMILES string of the molecule is Cc1ccc(S(=O)(=O)C2(C(=O)N[C@@H](C)Cn3nnc4ccccc43)CC2)cc1C. The zero-order valence-electron chi connectivity index (χ0n) is 16.7. The van der Waals surface area contributed by atoms with Crippen molar-refractivity contribution in [2.75, 3.05) is 0 Å². The van der Waals surface area contributed by atoms with Crippen molar-refractivity contribution in [2.45, 2.75) is 55.8 Å². The molecule has 1 heterocycles. The highest BCUT2D eigenvalue weighted by Gasteiger charge is 2.61. The van der Waals surface area contributed by atoms with E-state index in [0.717, 1.165) is 22.2 Å². The molecule has 0 saturated heterocycles. The van der Waals surface area contributed by atoms with Crippen molar-refractivity contribution in [3.8, 4) is 0 Å². The Labute approximate surface area is 170 Å². The second-order valence-corrected chi connectivity index (χ2v) is 10.1. The van der Waals surface area contributed by atoms with Crippen LogP contribution in [0.3, 0.4) is 0 Å². The minimum absolute atomic E-state index is 0.211. The van der Waals surface area contributed by atoms with Gasteiger partial charge in [0.2, 0.25) is 5.91 Å². The molecule has 7 nitrogen and oxygen atoms in total. The summed E-state index contributed by atoms with van der Waals surface area (Å²) in [7, 11) is -3.76. The normalized spacial score (nSPS) is 16.5. The van der Waals surface area contributed by atoms with Crippen LogP contribution in [-0.4, -0.2) is 40.1 Å². The fraction of sp³-hybridized carbons (Fsp3) is 0.381. The predicted octanol–water partition coefficient (Wildman–Crippen LogP) is 2.56. The van der Waals surface area contributed by atoms with Crippen LogP contribution in [-0.2, 0) is 21.2 Å². The number of aromatic nitrogens is 3. The molecule has 1 fully saturated rings. The molecule has 152 valence electrons. The van der Waals surface area contributed by atoms with Crippen LogP contribution in [0.15, 0.2) is 47.4 Å². The first-order valence-corrected chi connectivity index (χ1v) is 11.1. The largest absolute Gasteiger partial charge is 0.350 e. The maximum Gasteiger partial charge on any atom is 0.242 e. The number of amides is 1. The number of rotatable bonds is 6. The highest BCUT2D eigenvalue weighted by molar-refractivity contribution is 7.94. The number of carbonyl (C=O) groups is 1. The van der Waals surface area contributed by atoms with Gasteiger partial charge in [-0.05, 0) is 69.0 Å². The van der Waals surface area contributed by atoms with Crippen LogP contribution in [0.25, 0.3) is 11.0 Å². The number of hydrogen-bond donors (Lipinski definition) is 1. The highest BCUT2D eigenvalue weighted by atomic mass is 32.2. The lowest BCUT2D eigenvalue weighted by Crippen LogP contribution is -2.46. The van der Waals surface area contributed by atoms with E-state index in [2.05, 4.69) is 15.6 Å². The monoisotopic (exact) mass is 412 g/mol. The maximum atomic E-state index is 13.2. The average Bonchev–Trinajstić information content (AvgIpc) is 3.42. The maximum absolute atomic E-state index is 13.2. The summed E-state index contributed by atoms with van der Waals surface area (Å²) < 4.78 is 26.8. The molecule has 1 amide bonds. The molecular weight excluding hydrogens is 388 g/mol. The Morgan fingerprint density at radius 1 is 1.17 bits per heavy atom. The number of benzene rings is 2. The van der Waals surface area contributed by atoms with Gasteiger partial charge in [0.25, 0.3) is 0 Å². The van der Waals surface area contributed by atoms with E-state index in [4.69, 9.17) is 0 Å². The van der Waals surface area contributed by atoms with Crippen LogP contribution in [0.4, 0.5) is 0 Å². The fourth-order valence-electron chi connectivity index (χ4n) is 3.55. The Morgan fingerprint density at radius 3 is 2.59 bits per heavy atom. The van der Waals surface area contributed by atoms with Gasteiger partial charge >= 0.3 is 0 Å². The number of carbonyl (C=O) groups excluding carboxylic acids is 1. The number of aryl methyl sites for hydroxylation is 2. The van der Waals surface area contributed by atoms with Crippen LogP contribution in [0, 0.1) is 13.8 Å². The molecule has 29 heavy (non-hydrogen) atoms. The predicted molar refractivity (Wildman–Crippen MR) is 110 cm³/mol. The van der Waals surface area contributed by atoms with E-state index in [1.165, 1.54) is 0 Å². The van der Waals surface area contributed by atoms with Gasteiger partial charge in [-0.25, -0.2) is 13.1 Å². The van der Waals surface area contributed by atoms with E-state index in [9.17, 15) is 13.2 Å². The molecule has 8 heteroatoms. The van der Waals surface area contributed by atoms with Gasteiger partial charge in [-0.15, -0.1) is 5.10 Å². The van der Waals surface area contributed by atoms with Gasteiger partial charge in [0.05, 0.1) is 17.0 Å². The number of hydrogen-bond acceptors (Lipinski definition) is 5. The average molecular weight is 413 g/mol. The molecule has 1 aromatic heterocycles. The summed E-state index contributed by atoms with van der Waals surface area (Å²) >= 11 is 0. The second kappa shape index (κ2) is 6.95. The van der Waals surface area contributed by atoms with E-state index >= 15 is 0 Å². The lowest BCUT2D eigenvalue weighted by Gasteiger charge is -2.20. The molecular formula is C21H24N4O3S. The summed E-state index contributed by atoms with van der Waals surface area (Å²) in [5, 5.41) is 11.1. The number of sulfone groups is 1. The summed E-state index contributed by atoms with van der Waals surface area (Å²) in [6.07, 6.45) is 0.681. The number of fused-ring (bicyclic) bond motifs is 1. The van der Waals surface area contributed by atoms with E-state index in [1.807, 2.05) is 45.0 Å². The van der Waals surface area contributed by atoms with Gasteiger partial charge in [0.15, 0.2) is 14.6 Å². The first-order valence-electron chi connectivity index (χ1n) is 9.66. The molecule has 3 aromatic rings. The third-order valence-corrected chi connectivity index (χ3v) is 8.16. The molecule has 0 aliphatic heterocycles. The fourth-order valence-corrected chi connectivity index (χ4v) is 5.52. The first-order chi connectivity index (χ1) is 13.7. The molecule has 4 rings (SSSR count). The van der Waals surface area contributed by atoms with E-state index in [1.54, 1.807) is 22.9 Å². The Hall–Kier alpha value is -2.74. The van der Waals surface area contributed by atoms with Gasteiger partial charge in [0, 0.05) is 6.04 Å². The lowest BCUT2D eigenvalue weighted by atomic mass is 10.1. The van der Waals surface area contributed by atoms with Crippen molar-refractivity contribution in [1.82, 2.24) is 20.3 Å². The minimum atomic E-state index is -3.76. The van der Waals surface area contributed by atoms with Crippen molar-refractivity contribution in [2.24, 2.45) is 0 Å². The van der Waals surface area contributed by atoms with Gasteiger partial charge in [-0.3, -0.25) is 4.79 Å². The van der Waals surface area contributed by atoms with E-state index in [-0.39, 0.29) is 10.9 Å². The molecule has 0 radical (unpaired) electrons. The Kier molecular flexibility index (Phi) is 4.69. The van der Waals surface area contributed by atoms with Gasteiger partial charge in [0.1, 0.15) is 5.52 Å². The van der Waals surface area contributed by atoms with E-state index < -0.39 is 20.5 Å². The summed E-state index contributed by atoms with van der Waals surface area (Å²) in [5.74, 6) is -0.437. The van der Waals surface area contributed by atoms with Gasteiger partial charge in [-0.2, -0.15) is 0 Å². The number of nitrogens with zero attached hydrogens (tertiary/aromatic N) is 3. The Bertz CT molecular complexity index is 1200. The summed E-state index contributed by atoms with van der Waals surface area (Å²) in [4.78, 5) is 13.2. The third-order valence-electron chi connectivity index (χ3n) is 5.67. The van der Waals surface area contributed by atoms with Crippen LogP contribution >= 0.6 is 0 Å². The number of para-hydroxylation sites is 1. The van der Waals surface area contributed by atoms with Crippen LogP contribution in [0.5, 0.6) is 0 Å². The molecule has 1 aliphatic carbocycles.